The molecule has 2 rings (SSSR count). The fourth-order valence-electron chi connectivity index (χ4n) is 2.21. The van der Waals surface area contributed by atoms with Gasteiger partial charge in [-0.3, -0.25) is 14.4 Å². The second-order valence-electron chi connectivity index (χ2n) is 4.79. The van der Waals surface area contributed by atoms with E-state index in [9.17, 15) is 9.59 Å². The van der Waals surface area contributed by atoms with E-state index in [1.54, 1.807) is 23.1 Å². The molecule has 0 spiro atoms. The van der Waals surface area contributed by atoms with Gasteiger partial charge < -0.3 is 9.64 Å². The molecule has 1 atom stereocenters. The van der Waals surface area contributed by atoms with Gasteiger partial charge in [0.2, 0.25) is 0 Å². The Bertz CT molecular complexity index is 591. The maximum atomic E-state index is 12.5. The third-order valence-corrected chi connectivity index (χ3v) is 3.57. The first-order valence-electron chi connectivity index (χ1n) is 6.76. The van der Waals surface area contributed by atoms with E-state index in [4.69, 9.17) is 21.2 Å². The SMILES string of the molecule is C=CC(=O)NO[C@H]1CCN(C(=O)c2cc(Cl)ccc2OC)C1. The molecule has 1 aliphatic rings. The van der Waals surface area contributed by atoms with Crippen molar-refractivity contribution in [3.05, 3.63) is 41.4 Å². The van der Waals surface area contributed by atoms with E-state index in [-0.39, 0.29) is 12.0 Å². The van der Waals surface area contributed by atoms with Gasteiger partial charge in [0, 0.05) is 18.1 Å². The van der Waals surface area contributed by atoms with Crippen LogP contribution in [0.4, 0.5) is 0 Å². The number of hydrogen-bond donors (Lipinski definition) is 1. The molecule has 0 aliphatic carbocycles. The number of nitrogens with one attached hydrogen (secondary N) is 1. The predicted octanol–water partition coefficient (Wildman–Crippen LogP) is 1.80. The number of halogens is 1. The third-order valence-electron chi connectivity index (χ3n) is 3.34. The van der Waals surface area contributed by atoms with Crippen molar-refractivity contribution < 1.29 is 19.2 Å². The van der Waals surface area contributed by atoms with Crippen LogP contribution < -0.4 is 10.2 Å². The first-order chi connectivity index (χ1) is 10.5. The first kappa shape index (κ1) is 16.3. The number of carbonyl (C=O) groups excluding carboxylic acids is 2. The predicted molar refractivity (Wildman–Crippen MR) is 81.7 cm³/mol. The average molecular weight is 325 g/mol. The van der Waals surface area contributed by atoms with Gasteiger partial charge in [-0.1, -0.05) is 18.2 Å². The number of nitrogens with zero attached hydrogens (tertiary/aromatic N) is 1. The summed E-state index contributed by atoms with van der Waals surface area (Å²) in [6, 6.07) is 4.90. The number of hydrogen-bond acceptors (Lipinski definition) is 4. The van der Waals surface area contributed by atoms with Gasteiger partial charge in [-0.2, -0.15) is 0 Å². The molecule has 22 heavy (non-hydrogen) atoms. The summed E-state index contributed by atoms with van der Waals surface area (Å²) in [7, 11) is 1.50. The molecule has 1 N–H and O–H groups in total. The second kappa shape index (κ2) is 7.29. The van der Waals surface area contributed by atoms with Crippen LogP contribution in [-0.2, 0) is 9.63 Å². The summed E-state index contributed by atoms with van der Waals surface area (Å²) in [6.07, 6.45) is 1.50. The zero-order valence-corrected chi connectivity index (χ0v) is 12.9. The Kier molecular flexibility index (Phi) is 5.41. The minimum atomic E-state index is -0.415. The summed E-state index contributed by atoms with van der Waals surface area (Å²) >= 11 is 5.95. The highest BCUT2D eigenvalue weighted by atomic mass is 35.5. The molecular weight excluding hydrogens is 308 g/mol. The first-order valence-corrected chi connectivity index (χ1v) is 7.13. The van der Waals surface area contributed by atoms with E-state index < -0.39 is 5.91 Å². The molecule has 1 heterocycles. The lowest BCUT2D eigenvalue weighted by Gasteiger charge is -2.18. The Morgan fingerprint density at radius 2 is 2.27 bits per heavy atom. The zero-order chi connectivity index (χ0) is 16.1. The maximum absolute atomic E-state index is 12.5. The Balaban J connectivity index is 2.01. The number of ether oxygens (including phenoxy) is 1. The number of benzene rings is 1. The lowest BCUT2D eigenvalue weighted by Crippen LogP contribution is -2.33. The van der Waals surface area contributed by atoms with E-state index in [0.29, 0.717) is 35.8 Å². The lowest BCUT2D eigenvalue weighted by atomic mass is 10.1. The largest absolute Gasteiger partial charge is 0.496 e. The van der Waals surface area contributed by atoms with Gasteiger partial charge >= 0.3 is 0 Å². The van der Waals surface area contributed by atoms with Gasteiger partial charge in [0.05, 0.1) is 12.7 Å². The summed E-state index contributed by atoms with van der Waals surface area (Å²) < 4.78 is 5.20. The van der Waals surface area contributed by atoms with Crippen LogP contribution in [0.15, 0.2) is 30.9 Å². The highest BCUT2D eigenvalue weighted by Gasteiger charge is 2.29. The minimum Gasteiger partial charge on any atom is -0.496 e. The van der Waals surface area contributed by atoms with Crippen LogP contribution in [-0.4, -0.2) is 43.0 Å². The number of methoxy groups -OCH3 is 1. The highest BCUT2D eigenvalue weighted by molar-refractivity contribution is 6.31. The molecule has 1 saturated heterocycles. The van der Waals surface area contributed by atoms with E-state index >= 15 is 0 Å². The summed E-state index contributed by atoms with van der Waals surface area (Å²) in [4.78, 5) is 30.5. The smallest absolute Gasteiger partial charge is 0.266 e. The molecule has 2 amide bonds. The minimum absolute atomic E-state index is 0.180. The molecule has 1 aliphatic heterocycles. The summed E-state index contributed by atoms with van der Waals surface area (Å²) in [5, 5.41) is 0.467. The molecule has 0 aromatic heterocycles. The van der Waals surface area contributed by atoms with E-state index in [0.717, 1.165) is 6.08 Å². The summed E-state index contributed by atoms with van der Waals surface area (Å²) in [5.74, 6) is -0.125. The van der Waals surface area contributed by atoms with Crippen molar-refractivity contribution in [2.75, 3.05) is 20.2 Å². The van der Waals surface area contributed by atoms with E-state index in [2.05, 4.69) is 12.1 Å². The van der Waals surface area contributed by atoms with Gasteiger partial charge in [0.25, 0.3) is 11.8 Å². The number of amides is 2. The third kappa shape index (κ3) is 3.78. The van der Waals surface area contributed by atoms with Crippen molar-refractivity contribution in [1.82, 2.24) is 10.4 Å². The van der Waals surface area contributed by atoms with Crippen molar-refractivity contribution in [3.8, 4) is 5.75 Å². The van der Waals surface area contributed by atoms with Crippen LogP contribution in [0.1, 0.15) is 16.8 Å². The van der Waals surface area contributed by atoms with Crippen molar-refractivity contribution in [1.29, 1.82) is 0 Å². The molecule has 118 valence electrons. The molecule has 0 radical (unpaired) electrons. The van der Waals surface area contributed by atoms with Crippen LogP contribution in [0, 0.1) is 0 Å². The second-order valence-corrected chi connectivity index (χ2v) is 5.23. The quantitative estimate of drug-likeness (QED) is 0.662. The Hall–Kier alpha value is -2.05. The topological polar surface area (TPSA) is 67.9 Å². The van der Waals surface area contributed by atoms with E-state index in [1.165, 1.54) is 7.11 Å². The number of rotatable bonds is 5. The van der Waals surface area contributed by atoms with E-state index in [1.807, 2.05) is 0 Å². The molecule has 0 bridgehead atoms. The molecule has 1 aromatic carbocycles. The lowest BCUT2D eigenvalue weighted by molar-refractivity contribution is -0.132. The zero-order valence-electron chi connectivity index (χ0n) is 12.2. The Labute approximate surface area is 133 Å². The van der Waals surface area contributed by atoms with Gasteiger partial charge in [0.1, 0.15) is 11.9 Å². The number of likely N-dealkylation sites (tertiary alicyclic amines) is 1. The van der Waals surface area contributed by atoms with Crippen LogP contribution >= 0.6 is 11.6 Å². The summed E-state index contributed by atoms with van der Waals surface area (Å²) in [5.41, 5.74) is 2.67. The van der Waals surface area contributed by atoms with Crippen molar-refractivity contribution in [2.45, 2.75) is 12.5 Å². The molecule has 1 aromatic rings. The molecule has 7 heteroatoms. The fraction of sp³-hybridized carbons (Fsp3) is 0.333. The van der Waals surface area contributed by atoms with Gasteiger partial charge in [-0.05, 0) is 30.7 Å². The van der Waals surface area contributed by atoms with Crippen LogP contribution in [0.25, 0.3) is 0 Å². The number of carbonyl (C=O) groups is 2. The van der Waals surface area contributed by atoms with Crippen molar-refractivity contribution in [3.63, 3.8) is 0 Å². The highest BCUT2D eigenvalue weighted by Crippen LogP contribution is 2.25. The molecule has 6 nitrogen and oxygen atoms in total. The summed E-state index contributed by atoms with van der Waals surface area (Å²) in [6.45, 7) is 4.24. The van der Waals surface area contributed by atoms with Crippen LogP contribution in [0.3, 0.4) is 0 Å². The maximum Gasteiger partial charge on any atom is 0.266 e. The Morgan fingerprint density at radius 3 is 2.95 bits per heavy atom. The van der Waals surface area contributed by atoms with Crippen LogP contribution in [0.5, 0.6) is 5.75 Å². The molecule has 0 saturated carbocycles. The van der Waals surface area contributed by atoms with Crippen molar-refractivity contribution >= 4 is 23.4 Å². The monoisotopic (exact) mass is 324 g/mol. The normalized spacial score (nSPS) is 17.2. The van der Waals surface area contributed by atoms with Gasteiger partial charge in [-0.25, -0.2) is 5.48 Å². The number of hydroxylamine groups is 1. The average Bonchev–Trinajstić information content (AvgIpc) is 3.00. The molecular formula is C15H17ClN2O4. The molecule has 1 fully saturated rings. The molecule has 0 unspecified atom stereocenters. The Morgan fingerprint density at radius 1 is 1.50 bits per heavy atom. The van der Waals surface area contributed by atoms with Crippen LogP contribution in [0.2, 0.25) is 5.02 Å². The standard InChI is InChI=1S/C15H17ClN2O4/c1-3-14(19)17-22-11-6-7-18(9-11)15(20)12-8-10(16)4-5-13(12)21-2/h3-5,8,11H,1,6-7,9H2,2H3,(H,17,19)/t11-/m0/s1. The van der Waals surface area contributed by atoms with Gasteiger partial charge in [-0.15, -0.1) is 0 Å². The fourth-order valence-corrected chi connectivity index (χ4v) is 2.38. The van der Waals surface area contributed by atoms with Gasteiger partial charge in [0.15, 0.2) is 0 Å². The van der Waals surface area contributed by atoms with Crippen molar-refractivity contribution in [2.24, 2.45) is 0 Å².